The Balaban J connectivity index is 1.82. The summed E-state index contributed by atoms with van der Waals surface area (Å²) < 4.78 is 3.33. The van der Waals surface area contributed by atoms with E-state index in [0.29, 0.717) is 0 Å². The molecule has 3 nitrogen and oxygen atoms in total. The number of rotatable bonds is 2. The van der Waals surface area contributed by atoms with E-state index in [1.54, 1.807) is 0 Å². The Morgan fingerprint density at radius 3 is 3.17 bits per heavy atom. The number of hydrogen-bond donors (Lipinski definition) is 1. The number of nitrogens with zero attached hydrogens (tertiary/aromatic N) is 2. The van der Waals surface area contributed by atoms with Gasteiger partial charge < -0.3 is 10.3 Å². The Morgan fingerprint density at radius 2 is 2.33 bits per heavy atom. The summed E-state index contributed by atoms with van der Waals surface area (Å²) in [4.78, 5) is 4.70. The fourth-order valence-corrected chi connectivity index (χ4v) is 2.92. The molecule has 0 amide bonds. The van der Waals surface area contributed by atoms with Gasteiger partial charge in [-0.05, 0) is 24.1 Å². The highest BCUT2D eigenvalue weighted by Gasteiger charge is 2.17. The van der Waals surface area contributed by atoms with Crippen LogP contribution >= 0.6 is 15.9 Å². The van der Waals surface area contributed by atoms with Gasteiger partial charge in [0.05, 0.1) is 5.69 Å². The van der Waals surface area contributed by atoms with Crippen molar-refractivity contribution < 1.29 is 0 Å². The summed E-state index contributed by atoms with van der Waals surface area (Å²) in [5.74, 6) is 1.18. The van der Waals surface area contributed by atoms with Crippen LogP contribution in [0.25, 0.3) is 0 Å². The molecule has 0 radical (unpaired) electrons. The Bertz CT molecular complexity index is 562. The SMILES string of the molecule is NC1CCc2nc(Cc3cccc(Br)c3)cn2C1. The van der Waals surface area contributed by atoms with E-state index in [-0.39, 0.29) is 6.04 Å². The number of hydrogen-bond acceptors (Lipinski definition) is 2. The largest absolute Gasteiger partial charge is 0.333 e. The van der Waals surface area contributed by atoms with E-state index in [9.17, 15) is 0 Å². The number of fused-ring (bicyclic) bond motifs is 1. The minimum absolute atomic E-state index is 0.283. The molecule has 1 aliphatic rings. The lowest BCUT2D eigenvalue weighted by Crippen LogP contribution is -2.31. The van der Waals surface area contributed by atoms with Crippen molar-refractivity contribution in [3.63, 3.8) is 0 Å². The lowest BCUT2D eigenvalue weighted by Gasteiger charge is -2.19. The molecule has 2 aromatic rings. The third-order valence-electron chi connectivity index (χ3n) is 3.35. The molecule has 2 heterocycles. The zero-order chi connectivity index (χ0) is 12.5. The van der Waals surface area contributed by atoms with E-state index in [1.807, 2.05) is 6.07 Å². The van der Waals surface area contributed by atoms with Crippen molar-refractivity contribution in [2.24, 2.45) is 5.73 Å². The van der Waals surface area contributed by atoms with Crippen LogP contribution in [0.15, 0.2) is 34.9 Å². The van der Waals surface area contributed by atoms with Gasteiger partial charge in [0.2, 0.25) is 0 Å². The van der Waals surface area contributed by atoms with Crippen molar-refractivity contribution in [3.8, 4) is 0 Å². The summed E-state index contributed by atoms with van der Waals surface area (Å²) in [5, 5.41) is 0. The number of aromatic nitrogens is 2. The van der Waals surface area contributed by atoms with Crippen molar-refractivity contribution in [2.45, 2.75) is 31.8 Å². The Kier molecular flexibility index (Phi) is 3.22. The smallest absolute Gasteiger partial charge is 0.109 e. The second-order valence-corrected chi connectivity index (χ2v) is 5.82. The minimum atomic E-state index is 0.283. The van der Waals surface area contributed by atoms with Gasteiger partial charge in [-0.3, -0.25) is 0 Å². The predicted octanol–water partition coefficient (Wildman–Crippen LogP) is 2.51. The molecule has 1 aliphatic heterocycles. The first-order chi connectivity index (χ1) is 8.70. The van der Waals surface area contributed by atoms with E-state index in [1.165, 1.54) is 11.4 Å². The zero-order valence-electron chi connectivity index (χ0n) is 10.1. The standard InChI is InChI=1S/C14H16BrN3/c15-11-3-1-2-10(6-11)7-13-9-18-8-12(16)4-5-14(18)17-13/h1-3,6,9,12H,4-5,7-8,16H2. The van der Waals surface area contributed by atoms with Crippen LogP contribution in [0.5, 0.6) is 0 Å². The molecule has 1 aromatic carbocycles. The Hall–Kier alpha value is -1.13. The molecule has 18 heavy (non-hydrogen) atoms. The molecule has 1 atom stereocenters. The molecule has 0 fully saturated rings. The van der Waals surface area contributed by atoms with Gasteiger partial charge in [0.15, 0.2) is 0 Å². The third kappa shape index (κ3) is 2.49. The molecule has 1 aromatic heterocycles. The highest BCUT2D eigenvalue weighted by molar-refractivity contribution is 9.10. The number of aryl methyl sites for hydroxylation is 1. The molecule has 0 bridgehead atoms. The lowest BCUT2D eigenvalue weighted by molar-refractivity contribution is 0.453. The Labute approximate surface area is 115 Å². The highest BCUT2D eigenvalue weighted by atomic mass is 79.9. The van der Waals surface area contributed by atoms with Gasteiger partial charge >= 0.3 is 0 Å². The molecule has 0 saturated carbocycles. The number of imidazole rings is 1. The van der Waals surface area contributed by atoms with E-state index in [4.69, 9.17) is 10.7 Å². The van der Waals surface area contributed by atoms with Crippen LogP contribution in [0.2, 0.25) is 0 Å². The van der Waals surface area contributed by atoms with E-state index >= 15 is 0 Å². The second-order valence-electron chi connectivity index (χ2n) is 4.91. The quantitative estimate of drug-likeness (QED) is 0.926. The molecule has 0 aliphatic carbocycles. The predicted molar refractivity (Wildman–Crippen MR) is 75.5 cm³/mol. The topological polar surface area (TPSA) is 43.8 Å². The van der Waals surface area contributed by atoms with Gasteiger partial charge in [-0.25, -0.2) is 4.98 Å². The van der Waals surface area contributed by atoms with Crippen molar-refractivity contribution >= 4 is 15.9 Å². The maximum atomic E-state index is 5.98. The van der Waals surface area contributed by atoms with Crippen molar-refractivity contribution in [1.82, 2.24) is 9.55 Å². The van der Waals surface area contributed by atoms with Gasteiger partial charge in [-0.1, -0.05) is 28.1 Å². The fourth-order valence-electron chi connectivity index (χ4n) is 2.47. The second kappa shape index (κ2) is 4.86. The van der Waals surface area contributed by atoms with Gasteiger partial charge in [-0.15, -0.1) is 0 Å². The first-order valence-electron chi connectivity index (χ1n) is 6.25. The number of halogens is 1. The number of benzene rings is 1. The molecule has 0 spiro atoms. The van der Waals surface area contributed by atoms with Gasteiger partial charge in [-0.2, -0.15) is 0 Å². The summed E-state index contributed by atoms with van der Waals surface area (Å²) in [6, 6.07) is 8.66. The Morgan fingerprint density at radius 1 is 1.44 bits per heavy atom. The van der Waals surface area contributed by atoms with Crippen molar-refractivity contribution in [2.75, 3.05) is 0 Å². The van der Waals surface area contributed by atoms with Crippen molar-refractivity contribution in [3.05, 3.63) is 52.0 Å². The molecule has 2 N–H and O–H groups in total. The molecule has 1 unspecified atom stereocenters. The van der Waals surface area contributed by atoms with Crippen molar-refractivity contribution in [1.29, 1.82) is 0 Å². The first-order valence-corrected chi connectivity index (χ1v) is 7.05. The van der Waals surface area contributed by atoms with Gasteiger partial charge in [0, 0.05) is 36.1 Å². The fraction of sp³-hybridized carbons (Fsp3) is 0.357. The summed E-state index contributed by atoms with van der Waals surface area (Å²) in [6.07, 6.45) is 5.08. The van der Waals surface area contributed by atoms with E-state index in [2.05, 4.69) is 44.9 Å². The van der Waals surface area contributed by atoms with E-state index in [0.717, 1.165) is 36.0 Å². The van der Waals surface area contributed by atoms with Crippen LogP contribution in [0, 0.1) is 0 Å². The van der Waals surface area contributed by atoms with Crippen LogP contribution in [0.1, 0.15) is 23.5 Å². The molecule has 0 saturated heterocycles. The summed E-state index contributed by atoms with van der Waals surface area (Å²) in [6.45, 7) is 0.904. The van der Waals surface area contributed by atoms with Gasteiger partial charge in [0.25, 0.3) is 0 Å². The molecule has 4 heteroatoms. The summed E-state index contributed by atoms with van der Waals surface area (Å²) in [5.41, 5.74) is 8.39. The van der Waals surface area contributed by atoms with Crippen LogP contribution < -0.4 is 5.73 Å². The maximum absolute atomic E-state index is 5.98. The van der Waals surface area contributed by atoms with Crippen LogP contribution in [-0.4, -0.2) is 15.6 Å². The zero-order valence-corrected chi connectivity index (χ0v) is 11.7. The van der Waals surface area contributed by atoms with E-state index < -0.39 is 0 Å². The average Bonchev–Trinajstić information content (AvgIpc) is 2.70. The van der Waals surface area contributed by atoms with Crippen LogP contribution in [0.4, 0.5) is 0 Å². The summed E-state index contributed by atoms with van der Waals surface area (Å²) in [7, 11) is 0. The molecule has 94 valence electrons. The van der Waals surface area contributed by atoms with Crippen LogP contribution in [-0.2, 0) is 19.4 Å². The molecule has 3 rings (SSSR count). The lowest BCUT2D eigenvalue weighted by atomic mass is 10.1. The molecular weight excluding hydrogens is 290 g/mol. The number of nitrogens with two attached hydrogens (primary N) is 1. The van der Waals surface area contributed by atoms with Crippen LogP contribution in [0.3, 0.4) is 0 Å². The third-order valence-corrected chi connectivity index (χ3v) is 3.85. The minimum Gasteiger partial charge on any atom is -0.333 e. The normalized spacial score (nSPS) is 18.7. The summed E-state index contributed by atoms with van der Waals surface area (Å²) >= 11 is 3.50. The highest BCUT2D eigenvalue weighted by Crippen LogP contribution is 2.18. The first kappa shape index (κ1) is 11.9. The van der Waals surface area contributed by atoms with Gasteiger partial charge in [0.1, 0.15) is 5.82 Å². The monoisotopic (exact) mass is 305 g/mol. The average molecular weight is 306 g/mol. The maximum Gasteiger partial charge on any atom is 0.109 e. The molecular formula is C14H16BrN3.